The fourth-order valence-electron chi connectivity index (χ4n) is 6.78. The first-order valence-electron chi connectivity index (χ1n) is 13.5. The summed E-state index contributed by atoms with van der Waals surface area (Å²) in [5.74, 6) is 0.885. The highest BCUT2D eigenvalue weighted by atomic mass is 16.5. The van der Waals surface area contributed by atoms with E-state index in [2.05, 4.69) is 125 Å². The van der Waals surface area contributed by atoms with Crippen LogP contribution < -0.4 is 4.74 Å². The Morgan fingerprint density at radius 2 is 0.868 bits per heavy atom. The van der Waals surface area contributed by atoms with Crippen molar-refractivity contribution in [3.8, 4) is 50.3 Å². The molecule has 0 saturated heterocycles. The van der Waals surface area contributed by atoms with Crippen LogP contribution in [0.1, 0.15) is 49.9 Å². The van der Waals surface area contributed by atoms with Crippen molar-refractivity contribution >= 4 is 0 Å². The molecule has 0 heterocycles. The van der Waals surface area contributed by atoms with E-state index in [1.807, 2.05) is 6.07 Å². The second kappa shape index (κ2) is 7.95. The fraction of sp³-hybridized carbons (Fsp3) is 0.189. The third-order valence-corrected chi connectivity index (χ3v) is 9.00. The Morgan fingerprint density at radius 3 is 1.39 bits per heavy atom. The largest absolute Gasteiger partial charge is 0.497 e. The Kier molecular flexibility index (Phi) is 4.82. The Labute approximate surface area is 225 Å². The van der Waals surface area contributed by atoms with E-state index in [9.17, 15) is 0 Å². The van der Waals surface area contributed by atoms with Gasteiger partial charge in [0.1, 0.15) is 5.75 Å². The molecule has 0 amide bonds. The van der Waals surface area contributed by atoms with Crippen LogP contribution in [-0.4, -0.2) is 7.11 Å². The molecule has 0 atom stereocenters. The standard InChI is InChI=1S/C37H32O/c1-36(2)32-12-7-6-11-28(32)29-16-14-25(21-33(29)36)26-15-18-31-30-17-13-24(23-9-8-10-27(19-23)38-5)20-34(30)37(3,4)35(31)22-26/h6-22H,1-5H3. The maximum Gasteiger partial charge on any atom is 0.119 e. The molecule has 0 aliphatic heterocycles. The highest BCUT2D eigenvalue weighted by Gasteiger charge is 2.37. The molecule has 0 saturated carbocycles. The third kappa shape index (κ3) is 3.18. The Hall–Kier alpha value is -4.10. The highest BCUT2D eigenvalue weighted by Crippen LogP contribution is 2.52. The Bertz CT molecular complexity index is 1750. The minimum Gasteiger partial charge on any atom is -0.497 e. The van der Waals surface area contributed by atoms with Gasteiger partial charge in [-0.05, 0) is 97.1 Å². The summed E-state index contributed by atoms with van der Waals surface area (Å²) in [5.41, 5.74) is 16.0. The summed E-state index contributed by atoms with van der Waals surface area (Å²) in [6.45, 7) is 9.42. The number of ether oxygens (including phenoxy) is 1. The second-order valence-corrected chi connectivity index (χ2v) is 11.8. The normalized spacial score (nSPS) is 15.4. The summed E-state index contributed by atoms with van der Waals surface area (Å²) in [6, 6.07) is 38.2. The molecule has 186 valence electrons. The summed E-state index contributed by atoms with van der Waals surface area (Å²) >= 11 is 0. The molecule has 0 radical (unpaired) electrons. The van der Waals surface area contributed by atoms with E-state index in [4.69, 9.17) is 4.74 Å². The molecule has 2 aliphatic carbocycles. The summed E-state index contributed by atoms with van der Waals surface area (Å²) < 4.78 is 5.47. The monoisotopic (exact) mass is 492 g/mol. The van der Waals surface area contributed by atoms with Crippen molar-refractivity contribution in [3.63, 3.8) is 0 Å². The van der Waals surface area contributed by atoms with Gasteiger partial charge in [-0.2, -0.15) is 0 Å². The van der Waals surface area contributed by atoms with Crippen LogP contribution in [-0.2, 0) is 10.8 Å². The van der Waals surface area contributed by atoms with Gasteiger partial charge in [-0.15, -0.1) is 0 Å². The molecule has 0 unspecified atom stereocenters. The molecular formula is C37H32O. The van der Waals surface area contributed by atoms with Gasteiger partial charge in [0, 0.05) is 10.8 Å². The summed E-state index contributed by atoms with van der Waals surface area (Å²) in [6.07, 6.45) is 0. The predicted octanol–water partition coefficient (Wildman–Crippen LogP) is 9.64. The number of fused-ring (bicyclic) bond motifs is 6. The van der Waals surface area contributed by atoms with Gasteiger partial charge in [-0.25, -0.2) is 0 Å². The number of methoxy groups -OCH3 is 1. The molecule has 0 spiro atoms. The van der Waals surface area contributed by atoms with Crippen molar-refractivity contribution in [1.29, 1.82) is 0 Å². The molecule has 38 heavy (non-hydrogen) atoms. The van der Waals surface area contributed by atoms with Crippen LogP contribution in [0.15, 0.2) is 103 Å². The molecule has 1 heteroatoms. The topological polar surface area (TPSA) is 9.23 Å². The lowest BCUT2D eigenvalue weighted by Gasteiger charge is -2.23. The van der Waals surface area contributed by atoms with E-state index in [0.717, 1.165) is 5.75 Å². The van der Waals surface area contributed by atoms with Crippen molar-refractivity contribution < 1.29 is 4.74 Å². The summed E-state index contributed by atoms with van der Waals surface area (Å²) in [4.78, 5) is 0. The number of hydrogen-bond acceptors (Lipinski definition) is 1. The van der Waals surface area contributed by atoms with Gasteiger partial charge < -0.3 is 4.74 Å². The second-order valence-electron chi connectivity index (χ2n) is 11.8. The van der Waals surface area contributed by atoms with Crippen molar-refractivity contribution in [1.82, 2.24) is 0 Å². The Balaban J connectivity index is 1.30. The maximum absolute atomic E-state index is 5.47. The molecule has 0 bridgehead atoms. The average Bonchev–Trinajstić information content (AvgIpc) is 3.32. The number of benzene rings is 5. The highest BCUT2D eigenvalue weighted by molar-refractivity contribution is 5.87. The third-order valence-electron chi connectivity index (χ3n) is 9.00. The summed E-state index contributed by atoms with van der Waals surface area (Å²) in [7, 11) is 1.72. The summed E-state index contributed by atoms with van der Waals surface area (Å²) in [5, 5.41) is 0. The molecule has 0 N–H and O–H groups in total. The quantitative estimate of drug-likeness (QED) is 0.244. The predicted molar refractivity (Wildman–Crippen MR) is 159 cm³/mol. The minimum absolute atomic E-state index is 0.00465. The van der Waals surface area contributed by atoms with Gasteiger partial charge >= 0.3 is 0 Å². The van der Waals surface area contributed by atoms with Crippen LogP contribution in [0.25, 0.3) is 44.5 Å². The number of hydrogen-bond donors (Lipinski definition) is 0. The van der Waals surface area contributed by atoms with Gasteiger partial charge in [-0.3, -0.25) is 0 Å². The lowest BCUT2D eigenvalue weighted by atomic mass is 9.80. The molecule has 7 rings (SSSR count). The molecule has 0 aromatic heterocycles. The zero-order valence-electron chi connectivity index (χ0n) is 22.7. The first-order chi connectivity index (χ1) is 18.3. The van der Waals surface area contributed by atoms with E-state index in [-0.39, 0.29) is 10.8 Å². The molecule has 0 fully saturated rings. The molecule has 5 aromatic rings. The van der Waals surface area contributed by atoms with Crippen molar-refractivity contribution in [2.45, 2.75) is 38.5 Å². The molecule has 1 nitrogen and oxygen atoms in total. The van der Waals surface area contributed by atoms with Gasteiger partial charge in [0.2, 0.25) is 0 Å². The molecular weight excluding hydrogens is 460 g/mol. The van der Waals surface area contributed by atoms with Crippen LogP contribution in [0.3, 0.4) is 0 Å². The Morgan fingerprint density at radius 1 is 0.421 bits per heavy atom. The van der Waals surface area contributed by atoms with Gasteiger partial charge in [0.05, 0.1) is 7.11 Å². The zero-order chi connectivity index (χ0) is 26.2. The SMILES string of the molecule is COc1cccc(-c2ccc3c(c2)C(C)(C)c2cc(-c4ccc5c(c4)C(C)(C)c4ccccc4-5)ccc2-3)c1. The minimum atomic E-state index is -0.0816. The van der Waals surface area contributed by atoms with E-state index in [0.29, 0.717) is 0 Å². The smallest absolute Gasteiger partial charge is 0.119 e. The van der Waals surface area contributed by atoms with E-state index in [1.165, 1.54) is 66.8 Å². The van der Waals surface area contributed by atoms with E-state index in [1.54, 1.807) is 7.11 Å². The first-order valence-corrected chi connectivity index (χ1v) is 13.5. The van der Waals surface area contributed by atoms with Crippen molar-refractivity contribution in [2.75, 3.05) is 7.11 Å². The van der Waals surface area contributed by atoms with Crippen molar-refractivity contribution in [3.05, 3.63) is 125 Å². The van der Waals surface area contributed by atoms with Crippen LogP contribution in [0.5, 0.6) is 5.75 Å². The number of rotatable bonds is 3. The molecule has 5 aromatic carbocycles. The first kappa shape index (κ1) is 23.0. The fourth-order valence-corrected chi connectivity index (χ4v) is 6.78. The maximum atomic E-state index is 5.47. The van der Waals surface area contributed by atoms with Gasteiger partial charge in [-0.1, -0.05) is 100 Å². The van der Waals surface area contributed by atoms with Crippen molar-refractivity contribution in [2.24, 2.45) is 0 Å². The lowest BCUT2D eigenvalue weighted by Crippen LogP contribution is -2.15. The van der Waals surface area contributed by atoms with Crippen LogP contribution >= 0.6 is 0 Å². The van der Waals surface area contributed by atoms with Crippen LogP contribution in [0, 0.1) is 0 Å². The van der Waals surface area contributed by atoms with E-state index >= 15 is 0 Å². The lowest BCUT2D eigenvalue weighted by molar-refractivity contribution is 0.415. The van der Waals surface area contributed by atoms with Crippen LogP contribution in [0.2, 0.25) is 0 Å². The van der Waals surface area contributed by atoms with Crippen LogP contribution in [0.4, 0.5) is 0 Å². The van der Waals surface area contributed by atoms with Gasteiger partial charge in [0.15, 0.2) is 0 Å². The van der Waals surface area contributed by atoms with E-state index < -0.39 is 0 Å². The average molecular weight is 493 g/mol. The molecule has 2 aliphatic rings. The van der Waals surface area contributed by atoms with Gasteiger partial charge in [0.25, 0.3) is 0 Å². The zero-order valence-corrected chi connectivity index (χ0v) is 22.7.